The van der Waals surface area contributed by atoms with E-state index >= 15 is 0 Å². The van der Waals surface area contributed by atoms with Gasteiger partial charge in [0.1, 0.15) is 0 Å². The van der Waals surface area contributed by atoms with E-state index in [1.165, 1.54) is 11.1 Å². The summed E-state index contributed by atoms with van der Waals surface area (Å²) in [4.78, 5) is 3.85. The van der Waals surface area contributed by atoms with Crippen LogP contribution < -0.4 is 0 Å². The molecule has 68 valence electrons. The predicted octanol–water partition coefficient (Wildman–Crippen LogP) is 2.11. The molecular weight excluding hydrogens is 162 g/mol. The van der Waals surface area contributed by atoms with Crippen LogP contribution in [-0.4, -0.2) is 15.2 Å². The number of hydrogen-bond donors (Lipinski definition) is 1. The van der Waals surface area contributed by atoms with Crippen molar-refractivity contribution in [2.45, 2.75) is 13.8 Å². The van der Waals surface area contributed by atoms with E-state index in [1.54, 1.807) is 18.6 Å². The third-order valence-corrected chi connectivity index (χ3v) is 1.48. The van der Waals surface area contributed by atoms with Gasteiger partial charge in [0.15, 0.2) is 0 Å². The highest BCUT2D eigenvalue weighted by Gasteiger charge is 1.74. The minimum atomic E-state index is 1.18. The van der Waals surface area contributed by atoms with E-state index < -0.39 is 0 Å². The molecule has 0 aromatic carbocycles. The van der Waals surface area contributed by atoms with Crippen LogP contribution >= 0.6 is 0 Å². The van der Waals surface area contributed by atoms with Crippen LogP contribution in [0.25, 0.3) is 0 Å². The summed E-state index contributed by atoms with van der Waals surface area (Å²) in [5.74, 6) is 0. The smallest absolute Gasteiger partial charge is 0.0516 e. The Labute approximate surface area is 77.8 Å². The molecule has 0 aliphatic heterocycles. The maximum atomic E-state index is 3.85. The molecule has 0 aliphatic rings. The van der Waals surface area contributed by atoms with Gasteiger partial charge >= 0.3 is 0 Å². The molecule has 0 saturated carbocycles. The van der Waals surface area contributed by atoms with Crippen LogP contribution in [0.5, 0.6) is 0 Å². The molecule has 3 nitrogen and oxygen atoms in total. The first kappa shape index (κ1) is 9.45. The third kappa shape index (κ3) is 4.06. The number of aryl methyl sites for hydroxylation is 2. The SMILES string of the molecule is Cc1ccncc1.Cc1cn[nH]c1. The summed E-state index contributed by atoms with van der Waals surface area (Å²) in [6.07, 6.45) is 7.20. The Morgan fingerprint density at radius 3 is 2.00 bits per heavy atom. The Morgan fingerprint density at radius 1 is 1.08 bits per heavy atom. The molecule has 2 rings (SSSR count). The van der Waals surface area contributed by atoms with Gasteiger partial charge in [0.2, 0.25) is 0 Å². The molecule has 2 heterocycles. The van der Waals surface area contributed by atoms with Gasteiger partial charge in [0, 0.05) is 18.6 Å². The molecule has 0 bridgehead atoms. The predicted molar refractivity (Wildman–Crippen MR) is 52.3 cm³/mol. The van der Waals surface area contributed by atoms with Gasteiger partial charge in [-0.15, -0.1) is 0 Å². The van der Waals surface area contributed by atoms with E-state index in [0.29, 0.717) is 0 Å². The van der Waals surface area contributed by atoms with Gasteiger partial charge in [0.05, 0.1) is 6.20 Å². The van der Waals surface area contributed by atoms with Crippen molar-refractivity contribution in [1.29, 1.82) is 0 Å². The summed E-state index contributed by atoms with van der Waals surface area (Å²) in [7, 11) is 0. The van der Waals surface area contributed by atoms with Crippen LogP contribution in [0.3, 0.4) is 0 Å². The summed E-state index contributed by atoms with van der Waals surface area (Å²) >= 11 is 0. The van der Waals surface area contributed by atoms with Crippen molar-refractivity contribution in [3.63, 3.8) is 0 Å². The average molecular weight is 175 g/mol. The van der Waals surface area contributed by atoms with Gasteiger partial charge in [-0.05, 0) is 37.1 Å². The van der Waals surface area contributed by atoms with Gasteiger partial charge in [-0.1, -0.05) is 0 Å². The summed E-state index contributed by atoms with van der Waals surface area (Å²) < 4.78 is 0. The number of hydrogen-bond acceptors (Lipinski definition) is 2. The molecule has 0 amide bonds. The standard InChI is InChI=1S/C6H7N.C4H6N2/c1-6-2-4-7-5-3-6;1-4-2-5-6-3-4/h2-5H,1H3;2-3H,1H3,(H,5,6). The zero-order valence-electron chi connectivity index (χ0n) is 7.86. The zero-order chi connectivity index (χ0) is 9.52. The van der Waals surface area contributed by atoms with E-state index in [-0.39, 0.29) is 0 Å². The quantitative estimate of drug-likeness (QED) is 0.666. The second-order valence-corrected chi connectivity index (χ2v) is 2.80. The molecule has 0 spiro atoms. The lowest BCUT2D eigenvalue weighted by molar-refractivity contribution is 1.09. The van der Waals surface area contributed by atoms with Crippen molar-refractivity contribution in [2.24, 2.45) is 0 Å². The van der Waals surface area contributed by atoms with Gasteiger partial charge in [0.25, 0.3) is 0 Å². The number of nitrogens with zero attached hydrogens (tertiary/aromatic N) is 2. The Bertz CT molecular complexity index is 313. The molecule has 0 radical (unpaired) electrons. The lowest BCUT2D eigenvalue weighted by atomic mass is 10.3. The van der Waals surface area contributed by atoms with E-state index in [2.05, 4.69) is 15.2 Å². The second kappa shape index (κ2) is 5.09. The Kier molecular flexibility index (Phi) is 3.70. The molecule has 0 fully saturated rings. The first-order valence-corrected chi connectivity index (χ1v) is 4.11. The summed E-state index contributed by atoms with van der Waals surface area (Å²) in [6, 6.07) is 3.94. The molecule has 3 heteroatoms. The van der Waals surface area contributed by atoms with Gasteiger partial charge in [-0.3, -0.25) is 10.1 Å². The summed E-state index contributed by atoms with van der Waals surface area (Å²) in [6.45, 7) is 4.03. The van der Waals surface area contributed by atoms with Crippen molar-refractivity contribution >= 4 is 0 Å². The van der Waals surface area contributed by atoms with Crippen LogP contribution in [-0.2, 0) is 0 Å². The molecule has 0 saturated heterocycles. The van der Waals surface area contributed by atoms with Crippen LogP contribution in [0.15, 0.2) is 36.9 Å². The van der Waals surface area contributed by atoms with Gasteiger partial charge in [-0.2, -0.15) is 5.10 Å². The maximum Gasteiger partial charge on any atom is 0.0516 e. The molecular formula is C10H13N3. The molecule has 0 aliphatic carbocycles. The van der Waals surface area contributed by atoms with Crippen molar-refractivity contribution < 1.29 is 0 Å². The normalized spacial score (nSPS) is 8.77. The van der Waals surface area contributed by atoms with Crippen LogP contribution in [0, 0.1) is 13.8 Å². The first-order valence-electron chi connectivity index (χ1n) is 4.11. The number of rotatable bonds is 0. The minimum absolute atomic E-state index is 1.18. The van der Waals surface area contributed by atoms with Crippen LogP contribution in [0.2, 0.25) is 0 Å². The second-order valence-electron chi connectivity index (χ2n) is 2.80. The average Bonchev–Trinajstić information content (AvgIpc) is 2.58. The fourth-order valence-corrected chi connectivity index (χ4v) is 0.742. The summed E-state index contributed by atoms with van der Waals surface area (Å²) in [5, 5.41) is 6.38. The molecule has 0 unspecified atom stereocenters. The molecule has 2 aromatic heterocycles. The van der Waals surface area contributed by atoms with Crippen molar-refractivity contribution in [3.8, 4) is 0 Å². The first-order chi connectivity index (χ1) is 6.29. The van der Waals surface area contributed by atoms with Crippen LogP contribution in [0.1, 0.15) is 11.1 Å². The fraction of sp³-hybridized carbons (Fsp3) is 0.200. The zero-order valence-corrected chi connectivity index (χ0v) is 7.86. The number of aromatic nitrogens is 3. The van der Waals surface area contributed by atoms with Gasteiger partial charge < -0.3 is 0 Å². The number of pyridine rings is 1. The minimum Gasteiger partial charge on any atom is -0.285 e. The maximum absolute atomic E-state index is 3.85. The van der Waals surface area contributed by atoms with E-state index in [9.17, 15) is 0 Å². The van der Waals surface area contributed by atoms with Crippen LogP contribution in [0.4, 0.5) is 0 Å². The fourth-order valence-electron chi connectivity index (χ4n) is 0.742. The lowest BCUT2D eigenvalue weighted by Gasteiger charge is -1.82. The highest BCUT2D eigenvalue weighted by atomic mass is 15.1. The number of aromatic amines is 1. The molecule has 0 atom stereocenters. The van der Waals surface area contributed by atoms with E-state index in [1.807, 2.05) is 32.2 Å². The highest BCUT2D eigenvalue weighted by Crippen LogP contribution is 1.88. The lowest BCUT2D eigenvalue weighted by Crippen LogP contribution is -1.68. The highest BCUT2D eigenvalue weighted by molar-refractivity contribution is 5.05. The van der Waals surface area contributed by atoms with Crippen molar-refractivity contribution in [1.82, 2.24) is 15.2 Å². The topological polar surface area (TPSA) is 41.6 Å². The molecule has 1 N–H and O–H groups in total. The van der Waals surface area contributed by atoms with Gasteiger partial charge in [-0.25, -0.2) is 0 Å². The summed E-state index contributed by atoms with van der Waals surface area (Å²) in [5.41, 5.74) is 2.44. The molecule has 2 aromatic rings. The largest absolute Gasteiger partial charge is 0.285 e. The molecule has 13 heavy (non-hydrogen) atoms. The van der Waals surface area contributed by atoms with E-state index in [4.69, 9.17) is 0 Å². The Hall–Kier alpha value is -1.64. The van der Waals surface area contributed by atoms with Crippen molar-refractivity contribution in [3.05, 3.63) is 48.0 Å². The number of H-pyrrole nitrogens is 1. The van der Waals surface area contributed by atoms with Crippen molar-refractivity contribution in [2.75, 3.05) is 0 Å². The Balaban J connectivity index is 0.000000132. The van der Waals surface area contributed by atoms with E-state index in [0.717, 1.165) is 0 Å². The Morgan fingerprint density at radius 2 is 1.77 bits per heavy atom. The third-order valence-electron chi connectivity index (χ3n) is 1.48. The monoisotopic (exact) mass is 175 g/mol. The number of nitrogens with one attached hydrogen (secondary N) is 1.